The normalized spacial score (nSPS) is 15.8. The Morgan fingerprint density at radius 1 is 0.333 bits per heavy atom. The number of ether oxygens (including phenoxy) is 1. The number of carboxylic acids is 1. The van der Waals surface area contributed by atoms with Crippen LogP contribution in [0.5, 0.6) is 0 Å². The fourth-order valence-corrected chi connectivity index (χ4v) is 15.4. The summed E-state index contributed by atoms with van der Waals surface area (Å²) in [4.78, 5) is 25.9. The molecule has 0 aromatic heterocycles. The predicted octanol–water partition coefficient (Wildman–Crippen LogP) is 29.2. The molecule has 0 aromatic carbocycles. The lowest BCUT2D eigenvalue weighted by molar-refractivity contribution is -0.154. The maximum Gasteiger partial charge on any atom is 0.309 e. The van der Waals surface area contributed by atoms with Crippen molar-refractivity contribution in [2.24, 2.45) is 29.6 Å². The van der Waals surface area contributed by atoms with Gasteiger partial charge in [0.05, 0.1) is 24.0 Å². The molecule has 1 saturated carbocycles. The lowest BCUT2D eigenvalue weighted by Crippen LogP contribution is -2.28. The van der Waals surface area contributed by atoms with Crippen LogP contribution >= 0.6 is 0 Å². The standard InChI is InChI=1S/C85H166O5/c1-6-9-12-15-18-21-24-27-29-31-32-33-34-39-43-48-53-58-63-68-73-81(84(87)88)83(86)74-69-64-59-54-49-44-40-36-35-38-42-47-51-56-61-66-71-79-76-82(79)77(4)75-80(72-67-62-57-52-46-26-23-20-17-14-11-8-3)85(89)90-78(5)70-65-60-55-50-45-41-37-30-28-25-22-19-16-13-10-7-2/h77-83,86H,6-76H2,1-5H3,(H,87,88)/t77-,78+,79-,80?,81+,82+,83-/m0/s1. The number of esters is 1. The van der Waals surface area contributed by atoms with Crippen molar-refractivity contribution in [1.82, 2.24) is 0 Å². The number of carboxylic acid groups (broad SMARTS) is 1. The van der Waals surface area contributed by atoms with Crippen molar-refractivity contribution in [2.45, 2.75) is 503 Å². The van der Waals surface area contributed by atoms with Crippen LogP contribution in [0.2, 0.25) is 0 Å². The van der Waals surface area contributed by atoms with Gasteiger partial charge in [0.15, 0.2) is 0 Å². The third-order valence-corrected chi connectivity index (χ3v) is 21.9. The van der Waals surface area contributed by atoms with Crippen LogP contribution in [-0.2, 0) is 14.3 Å². The molecule has 0 aromatic rings. The van der Waals surface area contributed by atoms with Crippen LogP contribution in [0.15, 0.2) is 0 Å². The highest BCUT2D eigenvalue weighted by Crippen LogP contribution is 2.49. The van der Waals surface area contributed by atoms with Crippen LogP contribution in [0.1, 0.15) is 490 Å². The zero-order valence-electron chi connectivity index (χ0n) is 62.4. The molecule has 0 amide bonds. The van der Waals surface area contributed by atoms with Gasteiger partial charge in [0.2, 0.25) is 0 Å². The quantitative estimate of drug-likeness (QED) is 0.0468. The number of aliphatic carboxylic acids is 1. The van der Waals surface area contributed by atoms with Gasteiger partial charge < -0.3 is 14.9 Å². The third-order valence-electron chi connectivity index (χ3n) is 21.9. The van der Waals surface area contributed by atoms with Gasteiger partial charge in [-0.25, -0.2) is 0 Å². The molecule has 0 saturated heterocycles. The lowest BCUT2D eigenvalue weighted by Gasteiger charge is -2.23. The molecule has 536 valence electrons. The average Bonchev–Trinajstić information content (AvgIpc) is 2.26. The van der Waals surface area contributed by atoms with Crippen molar-refractivity contribution < 1.29 is 24.5 Å². The summed E-state index contributed by atoms with van der Waals surface area (Å²) in [6.45, 7) is 11.5. The van der Waals surface area contributed by atoms with Gasteiger partial charge in [-0.15, -0.1) is 0 Å². The highest BCUT2D eigenvalue weighted by atomic mass is 16.5. The molecule has 0 aliphatic heterocycles. The third kappa shape index (κ3) is 59.4. The summed E-state index contributed by atoms with van der Waals surface area (Å²) in [7, 11) is 0. The van der Waals surface area contributed by atoms with Gasteiger partial charge in [-0.3, -0.25) is 9.59 Å². The molecule has 7 atom stereocenters. The second-order valence-electron chi connectivity index (χ2n) is 30.8. The molecule has 0 heterocycles. The monoisotopic (exact) mass is 1270 g/mol. The first kappa shape index (κ1) is 86.9. The smallest absolute Gasteiger partial charge is 0.309 e. The Morgan fingerprint density at radius 3 is 0.867 bits per heavy atom. The van der Waals surface area contributed by atoms with E-state index in [1.807, 2.05) is 0 Å². The van der Waals surface area contributed by atoms with Gasteiger partial charge in [-0.05, 0) is 69.6 Å². The molecule has 1 aliphatic carbocycles. The minimum atomic E-state index is -0.806. The average molecular weight is 1270 g/mol. The molecule has 1 unspecified atom stereocenters. The van der Waals surface area contributed by atoms with Gasteiger partial charge in [0, 0.05) is 0 Å². The summed E-state index contributed by atoms with van der Waals surface area (Å²) in [6.07, 6.45) is 93.2. The number of aliphatic hydroxyl groups is 1. The molecular weight excluding hydrogens is 1100 g/mol. The molecule has 5 nitrogen and oxygen atoms in total. The SMILES string of the molecule is CCCCCCCCCCCCCCCCCCCCCC[C@@H](C(=O)O)[C@@H](O)CCCCCCCCCCCCCCCCCC[C@H]1C[C@@H]1[C@@H](C)CC(CCCCCCCCCCCCCC)C(=O)O[C@H](C)CCCCCCCCCCCCCCCCCC. The largest absolute Gasteiger partial charge is 0.481 e. The number of carbonyl (C=O) groups excluding carboxylic acids is 1. The van der Waals surface area contributed by atoms with Crippen LogP contribution in [0, 0.1) is 29.6 Å². The first-order valence-electron chi connectivity index (χ1n) is 42.4. The minimum absolute atomic E-state index is 0.0473. The minimum Gasteiger partial charge on any atom is -0.481 e. The van der Waals surface area contributed by atoms with Crippen LogP contribution in [0.3, 0.4) is 0 Å². The number of carbonyl (C=O) groups is 2. The molecule has 2 N–H and O–H groups in total. The van der Waals surface area contributed by atoms with Crippen molar-refractivity contribution in [3.05, 3.63) is 0 Å². The second-order valence-corrected chi connectivity index (χ2v) is 30.8. The Hall–Kier alpha value is -1.10. The Balaban J connectivity index is 2.11. The molecule has 0 radical (unpaired) electrons. The van der Waals surface area contributed by atoms with Crippen molar-refractivity contribution in [2.75, 3.05) is 0 Å². The summed E-state index contributed by atoms with van der Waals surface area (Å²) in [5.41, 5.74) is 0. The van der Waals surface area contributed by atoms with E-state index in [4.69, 9.17) is 4.74 Å². The van der Waals surface area contributed by atoms with Crippen LogP contribution in [0.25, 0.3) is 0 Å². The van der Waals surface area contributed by atoms with Gasteiger partial charge in [0.25, 0.3) is 0 Å². The van der Waals surface area contributed by atoms with E-state index in [9.17, 15) is 19.8 Å². The molecule has 90 heavy (non-hydrogen) atoms. The van der Waals surface area contributed by atoms with Gasteiger partial charge in [-0.1, -0.05) is 439 Å². The van der Waals surface area contributed by atoms with Crippen molar-refractivity contribution in [3.8, 4) is 0 Å². The molecule has 5 heteroatoms. The number of rotatable bonds is 77. The number of hydrogen-bond donors (Lipinski definition) is 2. The zero-order valence-corrected chi connectivity index (χ0v) is 62.4. The van der Waals surface area contributed by atoms with Gasteiger partial charge in [0.1, 0.15) is 0 Å². The topological polar surface area (TPSA) is 83.8 Å². The summed E-state index contributed by atoms with van der Waals surface area (Å²) in [6, 6.07) is 0. The maximum absolute atomic E-state index is 13.8. The predicted molar refractivity (Wildman–Crippen MR) is 397 cm³/mol. The summed E-state index contributed by atoms with van der Waals surface area (Å²) < 4.78 is 6.28. The first-order chi connectivity index (χ1) is 44.2. The molecule has 1 fully saturated rings. The zero-order chi connectivity index (χ0) is 65.1. The van der Waals surface area contributed by atoms with E-state index in [0.717, 1.165) is 56.8 Å². The maximum atomic E-state index is 13.8. The summed E-state index contributed by atoms with van der Waals surface area (Å²) in [5, 5.41) is 20.6. The highest BCUT2D eigenvalue weighted by molar-refractivity contribution is 5.72. The van der Waals surface area contributed by atoms with E-state index < -0.39 is 18.0 Å². The number of hydrogen-bond acceptors (Lipinski definition) is 4. The summed E-state index contributed by atoms with van der Waals surface area (Å²) >= 11 is 0. The molecular formula is C85H166O5. The molecule has 1 aliphatic rings. The fourth-order valence-electron chi connectivity index (χ4n) is 15.4. The van der Waals surface area contributed by atoms with E-state index in [-0.39, 0.29) is 18.0 Å². The van der Waals surface area contributed by atoms with E-state index >= 15 is 0 Å². The van der Waals surface area contributed by atoms with E-state index in [1.54, 1.807) is 0 Å². The van der Waals surface area contributed by atoms with Crippen LogP contribution in [0.4, 0.5) is 0 Å². The lowest BCUT2D eigenvalue weighted by atomic mass is 9.87. The summed E-state index contributed by atoms with van der Waals surface area (Å²) in [5.74, 6) is 1.15. The number of unbranched alkanes of at least 4 members (excludes halogenated alkanes) is 60. The Morgan fingerprint density at radius 2 is 0.578 bits per heavy atom. The van der Waals surface area contributed by atoms with Crippen molar-refractivity contribution in [1.29, 1.82) is 0 Å². The van der Waals surface area contributed by atoms with Crippen LogP contribution < -0.4 is 0 Å². The van der Waals surface area contributed by atoms with Gasteiger partial charge in [-0.2, -0.15) is 0 Å². The van der Waals surface area contributed by atoms with Crippen molar-refractivity contribution in [3.63, 3.8) is 0 Å². The van der Waals surface area contributed by atoms with Gasteiger partial charge >= 0.3 is 11.9 Å². The first-order valence-corrected chi connectivity index (χ1v) is 42.4. The highest BCUT2D eigenvalue weighted by Gasteiger charge is 2.41. The Kier molecular flexibility index (Phi) is 66.9. The van der Waals surface area contributed by atoms with E-state index in [2.05, 4.69) is 34.6 Å². The fraction of sp³-hybridized carbons (Fsp3) is 0.976. The van der Waals surface area contributed by atoms with Crippen LogP contribution in [-0.4, -0.2) is 34.4 Å². The molecule has 1 rings (SSSR count). The molecule has 0 bridgehead atoms. The van der Waals surface area contributed by atoms with Crippen molar-refractivity contribution >= 4 is 11.9 Å². The number of aliphatic hydroxyl groups excluding tert-OH is 1. The van der Waals surface area contributed by atoms with E-state index in [0.29, 0.717) is 18.8 Å². The Labute approximate surface area is 565 Å². The van der Waals surface area contributed by atoms with E-state index in [1.165, 1.54) is 398 Å². The second kappa shape index (κ2) is 69.3. The molecule has 0 spiro atoms. The Bertz CT molecular complexity index is 1430.